The maximum atomic E-state index is 5.85. The zero-order chi connectivity index (χ0) is 14.7. The van der Waals surface area contributed by atoms with Crippen LogP contribution >= 0.6 is 39.5 Å². The Morgan fingerprint density at radius 1 is 1.30 bits per heavy atom. The Kier molecular flexibility index (Phi) is 5.18. The van der Waals surface area contributed by atoms with Crippen LogP contribution in [-0.4, -0.2) is 4.99 Å². The van der Waals surface area contributed by atoms with Gasteiger partial charge in [-0.05, 0) is 45.4 Å². The molecular weight excluding hydrogens is 352 g/mol. The van der Waals surface area contributed by atoms with Crippen LogP contribution in [0, 0.1) is 5.92 Å². The molecule has 106 valence electrons. The van der Waals surface area contributed by atoms with Crippen LogP contribution in [0.5, 0.6) is 0 Å². The average molecular weight is 369 g/mol. The molecule has 0 saturated heterocycles. The van der Waals surface area contributed by atoms with Gasteiger partial charge >= 0.3 is 0 Å². The summed E-state index contributed by atoms with van der Waals surface area (Å²) in [6.07, 6.45) is 0. The topological polar surface area (TPSA) is 38.0 Å². The maximum Gasteiger partial charge on any atom is 0.107 e. The molecule has 1 unspecified atom stereocenters. The number of hydrogen-bond acceptors (Lipinski definition) is 3. The molecule has 1 aromatic heterocycles. The lowest BCUT2D eigenvalue weighted by molar-refractivity contribution is 0.554. The molecule has 0 aliphatic rings. The van der Waals surface area contributed by atoms with Crippen LogP contribution in [0.1, 0.15) is 30.3 Å². The molecule has 1 heterocycles. The number of thiophene rings is 1. The van der Waals surface area contributed by atoms with Crippen molar-refractivity contribution in [1.29, 1.82) is 0 Å². The molecule has 2 rings (SSSR count). The predicted octanol–water partition coefficient (Wildman–Crippen LogP) is 4.95. The van der Waals surface area contributed by atoms with Crippen molar-refractivity contribution in [3.8, 4) is 0 Å². The SMILES string of the molecule is CC(C)C(Nc1cccc(Br)c1C(N)=S)c1cccs1. The van der Waals surface area contributed by atoms with Crippen LogP contribution in [0.25, 0.3) is 0 Å². The van der Waals surface area contributed by atoms with Crippen molar-refractivity contribution in [2.45, 2.75) is 19.9 Å². The third-order valence-electron chi connectivity index (χ3n) is 3.09. The molecule has 1 atom stereocenters. The number of anilines is 1. The van der Waals surface area contributed by atoms with Gasteiger partial charge in [0, 0.05) is 20.6 Å². The third-order valence-corrected chi connectivity index (χ3v) is 4.91. The van der Waals surface area contributed by atoms with Gasteiger partial charge in [-0.25, -0.2) is 0 Å². The second-order valence-corrected chi connectivity index (χ2v) is 7.18. The Labute approximate surface area is 137 Å². The lowest BCUT2D eigenvalue weighted by atomic mass is 10.0. The normalized spacial score (nSPS) is 12.4. The fourth-order valence-electron chi connectivity index (χ4n) is 2.10. The van der Waals surface area contributed by atoms with E-state index in [4.69, 9.17) is 18.0 Å². The summed E-state index contributed by atoms with van der Waals surface area (Å²) in [6, 6.07) is 10.4. The molecule has 0 spiro atoms. The predicted molar refractivity (Wildman–Crippen MR) is 95.6 cm³/mol. The summed E-state index contributed by atoms with van der Waals surface area (Å²) in [5.41, 5.74) is 7.69. The average Bonchev–Trinajstić information content (AvgIpc) is 2.88. The van der Waals surface area contributed by atoms with E-state index in [2.05, 4.69) is 52.6 Å². The minimum Gasteiger partial charge on any atom is -0.389 e. The highest BCUT2D eigenvalue weighted by Crippen LogP contribution is 2.33. The van der Waals surface area contributed by atoms with Gasteiger partial charge in [0.15, 0.2) is 0 Å². The number of rotatable bonds is 5. The van der Waals surface area contributed by atoms with E-state index in [1.54, 1.807) is 11.3 Å². The first-order valence-electron chi connectivity index (χ1n) is 6.39. The van der Waals surface area contributed by atoms with Crippen molar-refractivity contribution in [3.63, 3.8) is 0 Å². The Morgan fingerprint density at radius 3 is 2.60 bits per heavy atom. The highest BCUT2D eigenvalue weighted by Gasteiger charge is 2.19. The Bertz CT molecular complexity index is 594. The number of nitrogens with one attached hydrogen (secondary N) is 1. The summed E-state index contributed by atoms with van der Waals surface area (Å²) in [4.78, 5) is 1.71. The van der Waals surface area contributed by atoms with Crippen molar-refractivity contribution in [3.05, 3.63) is 50.6 Å². The highest BCUT2D eigenvalue weighted by molar-refractivity contribution is 9.10. The molecule has 0 fully saturated rings. The molecule has 0 radical (unpaired) electrons. The van der Waals surface area contributed by atoms with Gasteiger partial charge in [0.1, 0.15) is 4.99 Å². The molecule has 5 heteroatoms. The van der Waals surface area contributed by atoms with E-state index in [1.165, 1.54) is 4.88 Å². The van der Waals surface area contributed by atoms with Crippen LogP contribution in [0.4, 0.5) is 5.69 Å². The Balaban J connectivity index is 2.37. The largest absolute Gasteiger partial charge is 0.389 e. The van der Waals surface area contributed by atoms with E-state index in [1.807, 2.05) is 18.2 Å². The first-order valence-corrected chi connectivity index (χ1v) is 8.47. The molecule has 3 N–H and O–H groups in total. The van der Waals surface area contributed by atoms with Crippen LogP contribution in [0.15, 0.2) is 40.2 Å². The number of thiocarbonyl (C=S) groups is 1. The third kappa shape index (κ3) is 3.40. The second kappa shape index (κ2) is 6.70. The van der Waals surface area contributed by atoms with Gasteiger partial charge in [-0.15, -0.1) is 11.3 Å². The molecule has 0 bridgehead atoms. The van der Waals surface area contributed by atoms with Crippen LogP contribution in [-0.2, 0) is 0 Å². The summed E-state index contributed by atoms with van der Waals surface area (Å²) < 4.78 is 0.920. The van der Waals surface area contributed by atoms with Crippen molar-refractivity contribution >= 4 is 50.2 Å². The van der Waals surface area contributed by atoms with Gasteiger partial charge in [-0.3, -0.25) is 0 Å². The summed E-state index contributed by atoms with van der Waals surface area (Å²) in [6.45, 7) is 4.41. The summed E-state index contributed by atoms with van der Waals surface area (Å²) in [5, 5.41) is 5.68. The summed E-state index contributed by atoms with van der Waals surface area (Å²) in [7, 11) is 0. The van der Waals surface area contributed by atoms with Crippen LogP contribution in [0.2, 0.25) is 0 Å². The minimum absolute atomic E-state index is 0.248. The Hall–Kier alpha value is -0.910. The Morgan fingerprint density at radius 2 is 2.05 bits per heavy atom. The molecule has 2 nitrogen and oxygen atoms in total. The molecular formula is C15H17BrN2S2. The number of halogens is 1. The van der Waals surface area contributed by atoms with E-state index in [-0.39, 0.29) is 6.04 Å². The number of hydrogen-bond donors (Lipinski definition) is 2. The molecule has 0 aliphatic heterocycles. The minimum atomic E-state index is 0.248. The monoisotopic (exact) mass is 368 g/mol. The zero-order valence-corrected chi connectivity index (χ0v) is 14.6. The van der Waals surface area contributed by atoms with Crippen molar-refractivity contribution in [2.24, 2.45) is 11.7 Å². The van der Waals surface area contributed by atoms with Gasteiger partial charge in [-0.2, -0.15) is 0 Å². The lowest BCUT2D eigenvalue weighted by Gasteiger charge is -2.24. The molecule has 20 heavy (non-hydrogen) atoms. The maximum absolute atomic E-state index is 5.85. The van der Waals surface area contributed by atoms with E-state index in [9.17, 15) is 0 Å². The summed E-state index contributed by atoms with van der Waals surface area (Å²) in [5.74, 6) is 0.465. The van der Waals surface area contributed by atoms with Crippen molar-refractivity contribution in [1.82, 2.24) is 0 Å². The second-order valence-electron chi connectivity index (χ2n) is 4.91. The standard InChI is InChI=1S/C15H17BrN2S2/c1-9(2)14(12-7-4-8-20-12)18-11-6-3-5-10(16)13(11)15(17)19/h3-9,14,18H,1-2H3,(H2,17,19). The smallest absolute Gasteiger partial charge is 0.107 e. The number of benzene rings is 1. The fraction of sp³-hybridized carbons (Fsp3) is 0.267. The molecule has 0 amide bonds. The fourth-order valence-corrected chi connectivity index (χ4v) is 3.98. The zero-order valence-electron chi connectivity index (χ0n) is 11.4. The first-order chi connectivity index (χ1) is 9.50. The van der Waals surface area contributed by atoms with Gasteiger partial charge in [0.25, 0.3) is 0 Å². The van der Waals surface area contributed by atoms with Crippen molar-refractivity contribution in [2.75, 3.05) is 5.32 Å². The molecule has 1 aromatic carbocycles. The quantitative estimate of drug-likeness (QED) is 0.732. The van der Waals surface area contributed by atoms with Crippen LogP contribution < -0.4 is 11.1 Å². The van der Waals surface area contributed by atoms with E-state index < -0.39 is 0 Å². The van der Waals surface area contributed by atoms with Gasteiger partial charge < -0.3 is 11.1 Å². The van der Waals surface area contributed by atoms with E-state index in [0.717, 1.165) is 15.7 Å². The van der Waals surface area contributed by atoms with E-state index in [0.29, 0.717) is 10.9 Å². The summed E-state index contributed by atoms with van der Waals surface area (Å²) >= 11 is 10.4. The van der Waals surface area contributed by atoms with Gasteiger partial charge in [-0.1, -0.05) is 38.2 Å². The first kappa shape index (κ1) is 15.5. The van der Waals surface area contributed by atoms with Crippen LogP contribution in [0.3, 0.4) is 0 Å². The van der Waals surface area contributed by atoms with E-state index >= 15 is 0 Å². The molecule has 0 aliphatic carbocycles. The number of nitrogens with two attached hydrogens (primary N) is 1. The molecule has 2 aromatic rings. The van der Waals surface area contributed by atoms with Gasteiger partial charge in [0.05, 0.1) is 6.04 Å². The highest BCUT2D eigenvalue weighted by atomic mass is 79.9. The lowest BCUT2D eigenvalue weighted by Crippen LogP contribution is -2.19. The van der Waals surface area contributed by atoms with Gasteiger partial charge in [0.2, 0.25) is 0 Å². The molecule has 0 saturated carbocycles. The van der Waals surface area contributed by atoms with Crippen molar-refractivity contribution < 1.29 is 0 Å².